The molecule has 0 radical (unpaired) electrons. The first-order valence-electron chi connectivity index (χ1n) is 23.9. The van der Waals surface area contributed by atoms with Crippen LogP contribution in [0.1, 0.15) is 44.5 Å². The molecule has 1 aromatic heterocycles. The Kier molecular flexibility index (Phi) is 9.11. The van der Waals surface area contributed by atoms with Gasteiger partial charge in [-0.15, -0.1) is 0 Å². The van der Waals surface area contributed by atoms with E-state index in [1.165, 1.54) is 71.0 Å². The molecule has 3 aliphatic rings. The Morgan fingerprint density at radius 3 is 1.40 bits per heavy atom. The van der Waals surface area contributed by atoms with Crippen molar-refractivity contribution in [3.63, 3.8) is 0 Å². The molecular formula is C66H43N3S. The number of benzene rings is 10. The number of rotatable bonds is 5. The van der Waals surface area contributed by atoms with Crippen molar-refractivity contribution in [3.8, 4) is 67.3 Å². The zero-order chi connectivity index (χ0) is 46.4. The minimum atomic E-state index is -0.610. The number of hydrogen-bond acceptors (Lipinski definition) is 4. The van der Waals surface area contributed by atoms with E-state index in [1.54, 1.807) is 0 Å². The highest BCUT2D eigenvalue weighted by Crippen LogP contribution is 2.67. The Balaban J connectivity index is 1.01. The predicted octanol–water partition coefficient (Wildman–Crippen LogP) is 15.9. The van der Waals surface area contributed by atoms with Gasteiger partial charge < -0.3 is 5.73 Å². The van der Waals surface area contributed by atoms with Gasteiger partial charge in [0, 0.05) is 32.2 Å². The Morgan fingerprint density at radius 2 is 0.743 bits per heavy atom. The Labute approximate surface area is 412 Å². The number of anilines is 1. The molecule has 2 aliphatic carbocycles. The maximum atomic E-state index is 6.25. The normalized spacial score (nSPS) is 13.9. The second-order valence-corrected chi connectivity index (χ2v) is 19.6. The van der Waals surface area contributed by atoms with Crippen LogP contribution in [-0.2, 0) is 10.8 Å². The van der Waals surface area contributed by atoms with Crippen LogP contribution in [0.2, 0.25) is 0 Å². The average molecular weight is 910 g/mol. The van der Waals surface area contributed by atoms with Gasteiger partial charge in [-0.25, -0.2) is 9.97 Å². The molecule has 0 bridgehead atoms. The van der Waals surface area contributed by atoms with Crippen molar-refractivity contribution < 1.29 is 0 Å². The fraction of sp³-hybridized carbons (Fsp3) is 0.0303. The van der Waals surface area contributed by atoms with Crippen molar-refractivity contribution in [2.24, 2.45) is 0 Å². The second-order valence-electron chi connectivity index (χ2n) is 18.5. The molecule has 14 rings (SSSR count). The molecule has 10 aromatic carbocycles. The number of nitrogens with zero attached hydrogens (tertiary/aromatic N) is 2. The summed E-state index contributed by atoms with van der Waals surface area (Å²) in [5.74, 6) is 0.660. The number of nitrogen functional groups attached to an aromatic ring is 1. The summed E-state index contributed by atoms with van der Waals surface area (Å²) >= 11 is 1.89. The minimum Gasteiger partial charge on any atom is -0.399 e. The lowest BCUT2D eigenvalue weighted by Gasteiger charge is -2.51. The second kappa shape index (κ2) is 15.7. The molecule has 11 aromatic rings. The zero-order valence-corrected chi connectivity index (χ0v) is 38.9. The lowest BCUT2D eigenvalue weighted by molar-refractivity contribution is 0.605. The Bertz CT molecular complexity index is 3810. The van der Waals surface area contributed by atoms with Crippen molar-refractivity contribution in [2.45, 2.75) is 20.6 Å². The molecule has 2 spiro atoms. The highest BCUT2D eigenvalue weighted by molar-refractivity contribution is 7.99. The predicted molar refractivity (Wildman–Crippen MR) is 287 cm³/mol. The lowest BCUT2D eigenvalue weighted by atomic mass is 9.51. The first kappa shape index (κ1) is 40.5. The van der Waals surface area contributed by atoms with E-state index in [-0.39, 0.29) is 0 Å². The molecule has 2 heterocycles. The summed E-state index contributed by atoms with van der Waals surface area (Å²) in [6, 6.07) is 90.8. The molecular weight excluding hydrogens is 867 g/mol. The van der Waals surface area contributed by atoms with Gasteiger partial charge in [0.25, 0.3) is 0 Å². The van der Waals surface area contributed by atoms with Crippen molar-refractivity contribution in [3.05, 3.63) is 293 Å². The fourth-order valence-corrected chi connectivity index (χ4v) is 13.4. The summed E-state index contributed by atoms with van der Waals surface area (Å²) in [5.41, 5.74) is 28.0. The zero-order valence-electron chi connectivity index (χ0n) is 38.1. The summed E-state index contributed by atoms with van der Waals surface area (Å²) in [4.78, 5) is 13.3. The van der Waals surface area contributed by atoms with E-state index >= 15 is 0 Å². The van der Waals surface area contributed by atoms with Crippen molar-refractivity contribution in [1.82, 2.24) is 9.97 Å². The van der Waals surface area contributed by atoms with Crippen molar-refractivity contribution >= 4 is 17.4 Å². The van der Waals surface area contributed by atoms with E-state index in [2.05, 4.69) is 224 Å². The monoisotopic (exact) mass is 909 g/mol. The molecule has 70 heavy (non-hydrogen) atoms. The molecule has 3 nitrogen and oxygen atoms in total. The molecule has 0 fully saturated rings. The third-order valence-corrected chi connectivity index (χ3v) is 16.1. The molecule has 0 amide bonds. The third kappa shape index (κ3) is 5.78. The van der Waals surface area contributed by atoms with Crippen LogP contribution in [0.15, 0.2) is 259 Å². The summed E-state index contributed by atoms with van der Waals surface area (Å²) in [6.45, 7) is 0. The van der Waals surface area contributed by atoms with Crippen LogP contribution in [-0.4, -0.2) is 9.97 Å². The van der Waals surface area contributed by atoms with Crippen LogP contribution in [0, 0.1) is 0 Å². The van der Waals surface area contributed by atoms with E-state index in [1.807, 2.05) is 36.0 Å². The first-order valence-corrected chi connectivity index (χ1v) is 24.7. The molecule has 2 N–H and O–H groups in total. The Morgan fingerprint density at radius 1 is 0.300 bits per heavy atom. The van der Waals surface area contributed by atoms with E-state index < -0.39 is 10.8 Å². The van der Waals surface area contributed by atoms with Gasteiger partial charge >= 0.3 is 0 Å². The van der Waals surface area contributed by atoms with Gasteiger partial charge in [0.15, 0.2) is 5.82 Å². The summed E-state index contributed by atoms with van der Waals surface area (Å²) in [5, 5.41) is 0. The molecule has 0 unspecified atom stereocenters. The summed E-state index contributed by atoms with van der Waals surface area (Å²) in [6.07, 6.45) is 0. The standard InChI is InChI=1S/C66H43N3S/c67-46-24-17-22-44(40-46)43-21-16-23-45(39-43)64-68-59(42-19-2-1-3-20-42)41-60(69-64)48-26-5-4-25-47(48)49-28-18-36-58-63(49)50-27-6-7-29-51(50)65(58)52-30-8-10-32-54(52)66(55-33-11-9-31-53(55)65)56-34-12-14-37-61(56)70-62-38-15-13-35-57(62)66/h1-41H,67H2. The number of hydrogen-bond donors (Lipinski definition) is 1. The maximum absolute atomic E-state index is 6.25. The highest BCUT2D eigenvalue weighted by Gasteiger charge is 2.58. The van der Waals surface area contributed by atoms with Crippen LogP contribution in [0.25, 0.3) is 67.3 Å². The highest BCUT2D eigenvalue weighted by atomic mass is 32.2. The van der Waals surface area contributed by atoms with Gasteiger partial charge in [0.2, 0.25) is 0 Å². The topological polar surface area (TPSA) is 51.8 Å². The third-order valence-electron chi connectivity index (χ3n) is 15.0. The molecule has 4 heteroatoms. The molecule has 0 atom stereocenters. The van der Waals surface area contributed by atoms with Crippen molar-refractivity contribution in [1.29, 1.82) is 0 Å². The molecule has 1 aliphatic heterocycles. The van der Waals surface area contributed by atoms with E-state index in [9.17, 15) is 0 Å². The first-order chi connectivity index (χ1) is 34.6. The quantitative estimate of drug-likeness (QED) is 0.175. The maximum Gasteiger partial charge on any atom is 0.160 e. The summed E-state index contributed by atoms with van der Waals surface area (Å²) < 4.78 is 0. The molecule has 0 saturated heterocycles. The van der Waals surface area contributed by atoms with Crippen molar-refractivity contribution in [2.75, 3.05) is 5.73 Å². The van der Waals surface area contributed by atoms with Crippen LogP contribution in [0.5, 0.6) is 0 Å². The minimum absolute atomic E-state index is 0.534. The number of nitrogens with two attached hydrogens (primary N) is 1. The lowest BCUT2D eigenvalue weighted by Crippen LogP contribution is -2.45. The van der Waals surface area contributed by atoms with E-state index in [0.717, 1.165) is 50.5 Å². The van der Waals surface area contributed by atoms with Crippen LogP contribution in [0.3, 0.4) is 0 Å². The average Bonchev–Trinajstić information content (AvgIpc) is 3.73. The van der Waals surface area contributed by atoms with Crippen LogP contribution >= 0.6 is 11.8 Å². The Hall–Kier alpha value is -8.57. The largest absolute Gasteiger partial charge is 0.399 e. The van der Waals surface area contributed by atoms with Crippen LogP contribution in [0.4, 0.5) is 5.69 Å². The molecule has 0 saturated carbocycles. The van der Waals surface area contributed by atoms with Gasteiger partial charge in [0.1, 0.15) is 0 Å². The van der Waals surface area contributed by atoms with Gasteiger partial charge in [-0.3, -0.25) is 0 Å². The van der Waals surface area contributed by atoms with Gasteiger partial charge in [0.05, 0.1) is 22.2 Å². The smallest absolute Gasteiger partial charge is 0.160 e. The fourth-order valence-electron chi connectivity index (χ4n) is 12.2. The number of fused-ring (bicyclic) bond motifs is 15. The summed E-state index contributed by atoms with van der Waals surface area (Å²) in [7, 11) is 0. The number of aromatic nitrogens is 2. The van der Waals surface area contributed by atoms with E-state index in [4.69, 9.17) is 15.7 Å². The SMILES string of the molecule is Nc1cccc(-c2cccc(-c3nc(-c4ccccc4)cc(-c4ccccc4-c4cccc5c4-c4ccccc4C54c5ccccc5C5(c6ccccc6Sc6ccccc65)c5ccccc54)n3)c2)c1. The van der Waals surface area contributed by atoms with Gasteiger partial charge in [-0.1, -0.05) is 224 Å². The van der Waals surface area contributed by atoms with Crippen LogP contribution < -0.4 is 5.73 Å². The molecule has 328 valence electrons. The van der Waals surface area contributed by atoms with E-state index in [0.29, 0.717) is 5.82 Å². The van der Waals surface area contributed by atoms with Gasteiger partial charge in [-0.2, -0.15) is 0 Å². The van der Waals surface area contributed by atoms with Gasteiger partial charge in [-0.05, 0) is 114 Å².